The third-order valence-corrected chi connectivity index (χ3v) is 5.69. The second-order valence-corrected chi connectivity index (χ2v) is 9.62. The number of rotatable bonds is 5. The molecule has 0 fully saturated rings. The summed E-state index contributed by atoms with van der Waals surface area (Å²) >= 11 is 0. The molecule has 0 atom stereocenters. The normalized spacial score (nSPS) is 13.5. The van der Waals surface area contributed by atoms with Crippen molar-refractivity contribution < 1.29 is 33.3 Å². The highest BCUT2D eigenvalue weighted by Crippen LogP contribution is 2.43. The summed E-state index contributed by atoms with van der Waals surface area (Å²) < 4.78 is 22.9. The fourth-order valence-corrected chi connectivity index (χ4v) is 4.09. The monoisotopic (exact) mass is 504 g/mol. The molecule has 1 aliphatic heterocycles. The zero-order valence-corrected chi connectivity index (χ0v) is 21.6. The Kier molecular flexibility index (Phi) is 6.69. The molecule has 4 rings (SSSR count). The molecule has 1 aromatic heterocycles. The molecule has 0 radical (unpaired) electrons. The minimum absolute atomic E-state index is 0.0261. The Balaban J connectivity index is 2.08. The molecule has 0 spiro atoms. The quantitative estimate of drug-likeness (QED) is 0.267. The summed E-state index contributed by atoms with van der Waals surface area (Å²) in [6, 6.07) is 5.87. The summed E-state index contributed by atoms with van der Waals surface area (Å²) in [6.07, 6.45) is 5.69. The first kappa shape index (κ1) is 25.8. The van der Waals surface area contributed by atoms with Crippen LogP contribution < -0.4 is 19.6 Å². The number of ether oxygens (including phenoxy) is 3. The molecule has 2 aromatic carbocycles. The Bertz CT molecular complexity index is 1550. The molecular weight excluding hydrogens is 476 g/mol. The van der Waals surface area contributed by atoms with Crippen LogP contribution in [0.15, 0.2) is 51.2 Å². The largest absolute Gasteiger partial charge is 0.507 e. The van der Waals surface area contributed by atoms with E-state index in [1.54, 1.807) is 12.1 Å². The van der Waals surface area contributed by atoms with Gasteiger partial charge in [0.15, 0.2) is 5.58 Å². The maximum Gasteiger partial charge on any atom is 0.308 e. The highest BCUT2D eigenvalue weighted by Gasteiger charge is 2.28. The number of phenolic OH excluding ortho intramolecular Hbond substituents is 1. The Labute approximate surface area is 213 Å². The van der Waals surface area contributed by atoms with Crippen LogP contribution in [0.2, 0.25) is 0 Å². The predicted molar refractivity (Wildman–Crippen MR) is 139 cm³/mol. The number of carbonyl (C=O) groups is 2. The van der Waals surface area contributed by atoms with E-state index in [-0.39, 0.29) is 46.0 Å². The zero-order valence-electron chi connectivity index (χ0n) is 21.6. The van der Waals surface area contributed by atoms with E-state index >= 15 is 0 Å². The van der Waals surface area contributed by atoms with Crippen LogP contribution in [0.3, 0.4) is 0 Å². The number of benzene rings is 2. The lowest BCUT2D eigenvalue weighted by Crippen LogP contribution is -2.27. The van der Waals surface area contributed by atoms with Crippen LogP contribution >= 0.6 is 0 Å². The predicted octanol–water partition coefficient (Wildman–Crippen LogP) is 5.71. The van der Waals surface area contributed by atoms with Crippen molar-refractivity contribution in [2.24, 2.45) is 0 Å². The standard InChI is InChI=1S/C29H28O8/c1-15(2)7-9-21-26(33)25-22(32)14-24-20(11-12-29(5,6)37-24)28(25)36-27(21)19-10-8-18(34-16(3)30)13-23(19)35-17(4)31/h7-8,10-14,32H,9H2,1-6H3. The first-order valence-electron chi connectivity index (χ1n) is 11.7. The second-order valence-electron chi connectivity index (χ2n) is 9.62. The average molecular weight is 505 g/mol. The van der Waals surface area contributed by atoms with Crippen LogP contribution in [0.25, 0.3) is 28.4 Å². The van der Waals surface area contributed by atoms with Gasteiger partial charge in [0.25, 0.3) is 0 Å². The number of fused-ring (bicyclic) bond motifs is 3. The van der Waals surface area contributed by atoms with Gasteiger partial charge in [0.2, 0.25) is 5.43 Å². The molecule has 192 valence electrons. The van der Waals surface area contributed by atoms with Gasteiger partial charge in [-0.1, -0.05) is 11.6 Å². The molecule has 0 unspecified atom stereocenters. The van der Waals surface area contributed by atoms with Gasteiger partial charge in [-0.05, 0) is 58.4 Å². The van der Waals surface area contributed by atoms with Gasteiger partial charge in [0.1, 0.15) is 39.7 Å². The van der Waals surface area contributed by atoms with Crippen molar-refractivity contribution >= 4 is 29.0 Å². The first-order valence-corrected chi connectivity index (χ1v) is 11.7. The first-order chi connectivity index (χ1) is 17.4. The molecular formula is C29H28O8. The van der Waals surface area contributed by atoms with Crippen LogP contribution in [0.5, 0.6) is 23.0 Å². The van der Waals surface area contributed by atoms with Crippen molar-refractivity contribution in [2.45, 2.75) is 53.6 Å². The van der Waals surface area contributed by atoms with Gasteiger partial charge < -0.3 is 23.7 Å². The molecule has 37 heavy (non-hydrogen) atoms. The number of aromatic hydroxyl groups is 1. The molecule has 0 saturated heterocycles. The van der Waals surface area contributed by atoms with Crippen molar-refractivity contribution in [3.8, 4) is 34.3 Å². The Morgan fingerprint density at radius 3 is 2.41 bits per heavy atom. The Morgan fingerprint density at radius 2 is 1.76 bits per heavy atom. The lowest BCUT2D eigenvalue weighted by atomic mass is 9.96. The van der Waals surface area contributed by atoms with Crippen molar-refractivity contribution in [1.82, 2.24) is 0 Å². The van der Waals surface area contributed by atoms with Gasteiger partial charge >= 0.3 is 11.9 Å². The van der Waals surface area contributed by atoms with E-state index in [1.807, 2.05) is 39.8 Å². The van der Waals surface area contributed by atoms with Gasteiger partial charge in [-0.15, -0.1) is 0 Å². The molecule has 1 aliphatic rings. The van der Waals surface area contributed by atoms with Crippen molar-refractivity contribution in [2.75, 3.05) is 0 Å². The highest BCUT2D eigenvalue weighted by molar-refractivity contribution is 5.95. The molecule has 0 saturated carbocycles. The topological polar surface area (TPSA) is 112 Å². The number of hydrogen-bond acceptors (Lipinski definition) is 8. The van der Waals surface area contributed by atoms with E-state index in [2.05, 4.69) is 0 Å². The number of hydrogen-bond donors (Lipinski definition) is 1. The summed E-state index contributed by atoms with van der Waals surface area (Å²) in [7, 11) is 0. The summed E-state index contributed by atoms with van der Waals surface area (Å²) in [5, 5.41) is 10.9. The lowest BCUT2D eigenvalue weighted by molar-refractivity contribution is -0.132. The van der Waals surface area contributed by atoms with Crippen LogP contribution in [0.4, 0.5) is 0 Å². The Morgan fingerprint density at radius 1 is 1.05 bits per heavy atom. The second kappa shape index (κ2) is 9.61. The van der Waals surface area contributed by atoms with E-state index in [0.29, 0.717) is 16.9 Å². The molecule has 0 aliphatic carbocycles. The third-order valence-electron chi connectivity index (χ3n) is 5.69. The number of phenols is 1. The highest BCUT2D eigenvalue weighted by atomic mass is 16.5. The van der Waals surface area contributed by atoms with Crippen molar-refractivity contribution in [3.05, 3.63) is 63.3 Å². The zero-order chi connectivity index (χ0) is 27.1. The van der Waals surface area contributed by atoms with Crippen LogP contribution in [0, 0.1) is 0 Å². The van der Waals surface area contributed by atoms with E-state index < -0.39 is 23.0 Å². The van der Waals surface area contributed by atoms with Gasteiger partial charge in [0, 0.05) is 31.5 Å². The smallest absolute Gasteiger partial charge is 0.308 e. The molecule has 0 bridgehead atoms. The summed E-state index contributed by atoms with van der Waals surface area (Å²) in [5.74, 6) is -0.669. The van der Waals surface area contributed by atoms with Gasteiger partial charge in [-0.2, -0.15) is 0 Å². The SMILES string of the molecule is CC(=O)Oc1ccc(-c2oc3c4c(cc(O)c3c(=O)c2CC=C(C)C)OC(C)(C)C=C4)c(OC(C)=O)c1. The summed E-state index contributed by atoms with van der Waals surface area (Å²) in [5.41, 5.74) is 1.15. The maximum atomic E-state index is 13.8. The number of carbonyl (C=O) groups excluding carboxylic acids is 2. The summed E-state index contributed by atoms with van der Waals surface area (Å²) in [6.45, 7) is 10.0. The van der Waals surface area contributed by atoms with Crippen LogP contribution in [-0.2, 0) is 16.0 Å². The maximum absolute atomic E-state index is 13.8. The molecule has 8 nitrogen and oxygen atoms in total. The fraction of sp³-hybridized carbons (Fsp3) is 0.276. The number of esters is 2. The van der Waals surface area contributed by atoms with Crippen molar-refractivity contribution in [3.63, 3.8) is 0 Å². The van der Waals surface area contributed by atoms with Gasteiger partial charge in [0.05, 0.1) is 11.1 Å². The van der Waals surface area contributed by atoms with E-state index in [0.717, 1.165) is 5.57 Å². The Hall–Kier alpha value is -4.33. The van der Waals surface area contributed by atoms with E-state index in [4.69, 9.17) is 18.6 Å². The molecule has 1 N–H and O–H groups in total. The fourth-order valence-electron chi connectivity index (χ4n) is 4.09. The van der Waals surface area contributed by atoms with Gasteiger partial charge in [-0.3, -0.25) is 14.4 Å². The number of allylic oxidation sites excluding steroid dienone is 2. The molecule has 0 amide bonds. The third kappa shape index (κ3) is 5.28. The molecule has 8 heteroatoms. The molecule has 3 aromatic rings. The van der Waals surface area contributed by atoms with E-state index in [9.17, 15) is 19.5 Å². The minimum atomic E-state index is -0.616. The molecule has 2 heterocycles. The average Bonchev–Trinajstić information content (AvgIpc) is 2.76. The van der Waals surface area contributed by atoms with Gasteiger partial charge in [-0.25, -0.2) is 0 Å². The van der Waals surface area contributed by atoms with Crippen LogP contribution in [-0.4, -0.2) is 22.6 Å². The van der Waals surface area contributed by atoms with Crippen LogP contribution in [0.1, 0.15) is 52.7 Å². The van der Waals surface area contributed by atoms with Crippen molar-refractivity contribution in [1.29, 1.82) is 0 Å². The van der Waals surface area contributed by atoms with E-state index in [1.165, 1.54) is 32.0 Å². The lowest BCUT2D eigenvalue weighted by Gasteiger charge is -2.28. The summed E-state index contributed by atoms with van der Waals surface area (Å²) in [4.78, 5) is 37.2. The minimum Gasteiger partial charge on any atom is -0.507 e.